The van der Waals surface area contributed by atoms with Crippen LogP contribution < -0.4 is 14.9 Å². The molecular weight excluding hydrogens is 413 g/mol. The lowest BCUT2D eigenvalue weighted by Gasteiger charge is -2.30. The number of sulfonamides is 1. The van der Waals surface area contributed by atoms with E-state index < -0.39 is 15.3 Å². The highest BCUT2D eigenvalue weighted by Crippen LogP contribution is 2.27. The Balaban J connectivity index is 1.52. The van der Waals surface area contributed by atoms with Gasteiger partial charge in [-0.2, -0.15) is 0 Å². The van der Waals surface area contributed by atoms with Gasteiger partial charge in [0.15, 0.2) is 0 Å². The maximum Gasteiger partial charge on any atom is 0.214 e. The summed E-state index contributed by atoms with van der Waals surface area (Å²) in [6.07, 6.45) is 3.59. The van der Waals surface area contributed by atoms with Gasteiger partial charge in [0.2, 0.25) is 10.0 Å². The summed E-state index contributed by atoms with van der Waals surface area (Å²) in [5.41, 5.74) is 2.78. The number of hydrogen-bond donors (Lipinski definition) is 2. The Hall–Kier alpha value is -2.12. The van der Waals surface area contributed by atoms with Crippen molar-refractivity contribution in [3.8, 4) is 0 Å². The van der Waals surface area contributed by atoms with Crippen LogP contribution in [0.3, 0.4) is 0 Å². The fourth-order valence-corrected chi connectivity index (χ4v) is 4.93. The van der Waals surface area contributed by atoms with Crippen molar-refractivity contribution < 1.29 is 12.8 Å². The van der Waals surface area contributed by atoms with Crippen LogP contribution in [0.1, 0.15) is 45.1 Å². The van der Waals surface area contributed by atoms with E-state index in [4.69, 9.17) is 0 Å². The van der Waals surface area contributed by atoms with E-state index in [0.717, 1.165) is 43.6 Å². The summed E-state index contributed by atoms with van der Waals surface area (Å²) in [6, 6.07) is 15.2. The van der Waals surface area contributed by atoms with Crippen LogP contribution in [0, 0.1) is 11.7 Å². The molecule has 2 aromatic rings. The first kappa shape index (κ1) is 23.5. The molecule has 0 spiro atoms. The smallest absolute Gasteiger partial charge is 0.214 e. The number of nitrogens with one attached hydrogen (secondary N) is 2. The zero-order valence-corrected chi connectivity index (χ0v) is 19.5. The standard InChI is InChI=1S/C24H34FN3O2S/c1-18(2)31(29,30)27-22-11-9-19(10-12-22)16-26-23-13-21(25)14-24(15-23)28(3)17-20-7-5-4-6-8-20/h4-8,13-15,18-19,22,26-27H,9-12,16-17H2,1-3H3. The second-order valence-corrected chi connectivity index (χ2v) is 11.1. The molecule has 0 atom stereocenters. The zero-order valence-electron chi connectivity index (χ0n) is 18.6. The van der Waals surface area contributed by atoms with Crippen LogP contribution in [0.5, 0.6) is 0 Å². The van der Waals surface area contributed by atoms with Gasteiger partial charge in [-0.1, -0.05) is 30.3 Å². The van der Waals surface area contributed by atoms with Crippen molar-refractivity contribution in [2.45, 2.75) is 57.4 Å². The summed E-state index contributed by atoms with van der Waals surface area (Å²) in [5, 5.41) is 2.98. The Morgan fingerprint density at radius 1 is 1.06 bits per heavy atom. The quantitative estimate of drug-likeness (QED) is 0.582. The average Bonchev–Trinajstić information content (AvgIpc) is 2.73. The maximum atomic E-state index is 14.2. The van der Waals surface area contributed by atoms with E-state index in [1.54, 1.807) is 19.9 Å². The summed E-state index contributed by atoms with van der Waals surface area (Å²) < 4.78 is 41.2. The molecule has 0 amide bonds. The minimum atomic E-state index is -3.22. The highest BCUT2D eigenvalue weighted by Gasteiger charge is 2.26. The molecule has 0 saturated heterocycles. The van der Waals surface area contributed by atoms with E-state index in [0.29, 0.717) is 12.5 Å². The summed E-state index contributed by atoms with van der Waals surface area (Å²) >= 11 is 0. The Bertz CT molecular complexity index is 943. The molecule has 0 aliphatic heterocycles. The van der Waals surface area contributed by atoms with Gasteiger partial charge < -0.3 is 10.2 Å². The largest absolute Gasteiger partial charge is 0.385 e. The molecule has 1 aliphatic rings. The lowest BCUT2D eigenvalue weighted by molar-refractivity contribution is 0.323. The van der Waals surface area contributed by atoms with Crippen molar-refractivity contribution in [3.05, 3.63) is 59.9 Å². The molecule has 1 aliphatic carbocycles. The van der Waals surface area contributed by atoms with Crippen LogP contribution in [-0.2, 0) is 16.6 Å². The van der Waals surface area contributed by atoms with Gasteiger partial charge in [-0.15, -0.1) is 0 Å². The molecule has 170 valence electrons. The van der Waals surface area contributed by atoms with E-state index in [1.807, 2.05) is 36.2 Å². The fourth-order valence-electron chi connectivity index (χ4n) is 3.96. The van der Waals surface area contributed by atoms with Gasteiger partial charge in [-0.25, -0.2) is 17.5 Å². The average molecular weight is 448 g/mol. The van der Waals surface area contributed by atoms with Crippen LogP contribution in [0.25, 0.3) is 0 Å². The van der Waals surface area contributed by atoms with Crippen LogP contribution in [0.15, 0.2) is 48.5 Å². The summed E-state index contributed by atoms with van der Waals surface area (Å²) in [7, 11) is -1.26. The van der Waals surface area contributed by atoms with Gasteiger partial charge in [-0.3, -0.25) is 0 Å². The molecule has 3 rings (SSSR count). The van der Waals surface area contributed by atoms with Gasteiger partial charge in [0, 0.05) is 37.6 Å². The van der Waals surface area contributed by atoms with Gasteiger partial charge >= 0.3 is 0 Å². The molecule has 5 nitrogen and oxygen atoms in total. The van der Waals surface area contributed by atoms with Crippen molar-refractivity contribution in [1.29, 1.82) is 0 Å². The normalized spacial score (nSPS) is 19.4. The summed E-state index contributed by atoms with van der Waals surface area (Å²) in [5.74, 6) is 0.195. The molecule has 0 heterocycles. The van der Waals surface area contributed by atoms with E-state index in [-0.39, 0.29) is 11.9 Å². The summed E-state index contributed by atoms with van der Waals surface area (Å²) in [4.78, 5) is 2.04. The van der Waals surface area contributed by atoms with Gasteiger partial charge in [0.05, 0.1) is 5.25 Å². The van der Waals surface area contributed by atoms with E-state index in [2.05, 4.69) is 22.2 Å². The molecule has 7 heteroatoms. The van der Waals surface area contributed by atoms with E-state index >= 15 is 0 Å². The van der Waals surface area contributed by atoms with Crippen molar-refractivity contribution in [2.24, 2.45) is 5.92 Å². The van der Waals surface area contributed by atoms with Crippen LogP contribution in [0.4, 0.5) is 15.8 Å². The minimum Gasteiger partial charge on any atom is -0.385 e. The molecule has 0 aromatic heterocycles. The van der Waals surface area contributed by atoms with Gasteiger partial charge in [0.25, 0.3) is 0 Å². The molecule has 2 aromatic carbocycles. The van der Waals surface area contributed by atoms with Crippen molar-refractivity contribution in [3.63, 3.8) is 0 Å². The number of nitrogens with zero attached hydrogens (tertiary/aromatic N) is 1. The number of hydrogen-bond acceptors (Lipinski definition) is 4. The minimum absolute atomic E-state index is 0.0241. The molecule has 2 N–H and O–H groups in total. The fraction of sp³-hybridized carbons (Fsp3) is 0.500. The van der Waals surface area contributed by atoms with E-state index in [1.165, 1.54) is 11.6 Å². The first-order valence-corrected chi connectivity index (χ1v) is 12.6. The molecule has 0 unspecified atom stereocenters. The number of anilines is 2. The summed E-state index contributed by atoms with van der Waals surface area (Å²) in [6.45, 7) is 4.86. The topological polar surface area (TPSA) is 61.4 Å². The first-order chi connectivity index (χ1) is 14.7. The molecular formula is C24H34FN3O2S. The molecule has 1 fully saturated rings. The van der Waals surface area contributed by atoms with Crippen molar-refractivity contribution in [2.75, 3.05) is 23.8 Å². The maximum absolute atomic E-state index is 14.2. The Labute approximate surface area is 186 Å². The molecule has 31 heavy (non-hydrogen) atoms. The SMILES string of the molecule is CC(C)S(=O)(=O)NC1CCC(CNc2cc(F)cc(N(C)Cc3ccccc3)c2)CC1. The van der Waals surface area contributed by atoms with Crippen LogP contribution in [0.2, 0.25) is 0 Å². The third-order valence-electron chi connectivity index (χ3n) is 5.98. The predicted molar refractivity (Wildman–Crippen MR) is 126 cm³/mol. The number of halogens is 1. The lowest BCUT2D eigenvalue weighted by Crippen LogP contribution is -2.41. The van der Waals surface area contributed by atoms with Crippen LogP contribution >= 0.6 is 0 Å². The van der Waals surface area contributed by atoms with Crippen LogP contribution in [-0.4, -0.2) is 33.3 Å². The molecule has 1 saturated carbocycles. The lowest BCUT2D eigenvalue weighted by atomic mass is 9.86. The van der Waals surface area contributed by atoms with Crippen molar-refractivity contribution >= 4 is 21.4 Å². The first-order valence-electron chi connectivity index (χ1n) is 11.0. The second-order valence-electron chi connectivity index (χ2n) is 8.85. The van der Waals surface area contributed by atoms with E-state index in [9.17, 15) is 12.8 Å². The third-order valence-corrected chi connectivity index (χ3v) is 7.88. The molecule has 0 bridgehead atoms. The monoisotopic (exact) mass is 447 g/mol. The van der Waals surface area contributed by atoms with Gasteiger partial charge in [-0.05, 0) is 69.2 Å². The predicted octanol–water partition coefficient (Wildman–Crippen LogP) is 4.76. The van der Waals surface area contributed by atoms with Crippen molar-refractivity contribution in [1.82, 2.24) is 4.72 Å². The zero-order chi connectivity index (χ0) is 22.4. The number of benzene rings is 2. The Kier molecular flexibility index (Phi) is 7.94. The molecule has 0 radical (unpaired) electrons. The highest BCUT2D eigenvalue weighted by atomic mass is 32.2. The second kappa shape index (κ2) is 10.5. The Morgan fingerprint density at radius 2 is 1.74 bits per heavy atom. The van der Waals surface area contributed by atoms with Gasteiger partial charge in [0.1, 0.15) is 5.82 Å². The highest BCUT2D eigenvalue weighted by molar-refractivity contribution is 7.90. The number of rotatable bonds is 9. The Morgan fingerprint density at radius 3 is 2.39 bits per heavy atom. The third kappa shape index (κ3) is 6.94.